The fourth-order valence-corrected chi connectivity index (χ4v) is 3.35. The second-order valence-corrected chi connectivity index (χ2v) is 6.34. The average Bonchev–Trinajstić information content (AvgIpc) is 2.93. The molecule has 0 atom stereocenters. The largest absolute Gasteiger partial charge is 0.350 e. The van der Waals surface area contributed by atoms with Gasteiger partial charge in [0.05, 0.1) is 10.2 Å². The van der Waals surface area contributed by atoms with Crippen LogP contribution in [0.3, 0.4) is 0 Å². The summed E-state index contributed by atoms with van der Waals surface area (Å²) in [6.45, 7) is 1.70. The van der Waals surface area contributed by atoms with Crippen LogP contribution in [-0.4, -0.2) is 25.6 Å². The number of aryl methyl sites for hydroxylation is 1. The minimum atomic E-state index is -0.478. The Labute approximate surface area is 122 Å². The Morgan fingerprint density at radius 3 is 2.75 bits per heavy atom. The van der Waals surface area contributed by atoms with E-state index in [0.29, 0.717) is 11.3 Å². The van der Waals surface area contributed by atoms with E-state index in [-0.39, 0.29) is 11.4 Å². The summed E-state index contributed by atoms with van der Waals surface area (Å²) in [5.41, 5.74) is 0.427. The summed E-state index contributed by atoms with van der Waals surface area (Å²) < 4.78 is 18.3. The van der Waals surface area contributed by atoms with E-state index < -0.39 is 5.82 Å². The van der Waals surface area contributed by atoms with Gasteiger partial charge in [0.2, 0.25) is 0 Å². The lowest BCUT2D eigenvalue weighted by Crippen LogP contribution is -2.22. The lowest BCUT2D eigenvalue weighted by atomic mass is 10.3. The molecule has 3 rings (SSSR count). The zero-order valence-corrected chi connectivity index (χ0v) is 12.7. The highest BCUT2D eigenvalue weighted by molar-refractivity contribution is 8.00. The van der Waals surface area contributed by atoms with Gasteiger partial charge in [-0.2, -0.15) is 9.78 Å². The molecule has 0 radical (unpaired) electrons. The van der Waals surface area contributed by atoms with Crippen LogP contribution in [0.25, 0.3) is 15.9 Å². The van der Waals surface area contributed by atoms with Crippen molar-refractivity contribution in [3.63, 3.8) is 0 Å². The van der Waals surface area contributed by atoms with Crippen LogP contribution >= 0.6 is 23.1 Å². The van der Waals surface area contributed by atoms with E-state index in [2.05, 4.69) is 10.1 Å². The topological polar surface area (TPSA) is 52.7 Å². The first kappa shape index (κ1) is 13.3. The third kappa shape index (κ3) is 1.95. The minimum absolute atomic E-state index is 0.129. The van der Waals surface area contributed by atoms with Crippen molar-refractivity contribution >= 4 is 33.3 Å². The van der Waals surface area contributed by atoms with E-state index in [1.54, 1.807) is 20.0 Å². The van der Waals surface area contributed by atoms with Crippen molar-refractivity contribution in [1.29, 1.82) is 0 Å². The Morgan fingerprint density at radius 2 is 2.15 bits per heavy atom. The predicted molar refractivity (Wildman–Crippen MR) is 78.5 cm³/mol. The first-order valence-corrected chi connectivity index (χ1v) is 7.82. The van der Waals surface area contributed by atoms with Gasteiger partial charge in [-0.15, -0.1) is 11.3 Å². The molecule has 0 aliphatic rings. The molecule has 0 aliphatic heterocycles. The minimum Gasteiger partial charge on any atom is -0.282 e. The SMILES string of the molecule is CSc1nc2cc(-n3nc(C)n(C)c3=O)c(F)cc2s1. The lowest BCUT2D eigenvalue weighted by Gasteiger charge is -2.01. The quantitative estimate of drug-likeness (QED) is 0.682. The molecule has 0 fully saturated rings. The molecule has 0 saturated carbocycles. The number of rotatable bonds is 2. The Hall–Kier alpha value is -1.67. The summed E-state index contributed by atoms with van der Waals surface area (Å²) in [6, 6.07) is 2.97. The van der Waals surface area contributed by atoms with E-state index in [1.165, 1.54) is 33.7 Å². The van der Waals surface area contributed by atoms with Crippen LogP contribution < -0.4 is 5.69 Å². The fraction of sp³-hybridized carbons (Fsp3) is 0.250. The van der Waals surface area contributed by atoms with Gasteiger partial charge < -0.3 is 0 Å². The Balaban J connectivity index is 2.27. The van der Waals surface area contributed by atoms with Crippen molar-refractivity contribution in [2.75, 3.05) is 6.26 Å². The molecule has 2 heterocycles. The molecule has 0 unspecified atom stereocenters. The summed E-state index contributed by atoms with van der Waals surface area (Å²) in [5, 5.41) is 4.07. The number of hydrogen-bond acceptors (Lipinski definition) is 5. The first-order valence-electron chi connectivity index (χ1n) is 5.78. The molecule has 5 nitrogen and oxygen atoms in total. The molecule has 1 aromatic carbocycles. The average molecular weight is 310 g/mol. The van der Waals surface area contributed by atoms with Crippen molar-refractivity contribution in [3.8, 4) is 5.69 Å². The third-order valence-corrected chi connectivity index (χ3v) is 5.04. The third-order valence-electron chi connectivity index (χ3n) is 3.04. The van der Waals surface area contributed by atoms with Gasteiger partial charge in [-0.25, -0.2) is 14.2 Å². The van der Waals surface area contributed by atoms with Crippen LogP contribution in [0.5, 0.6) is 0 Å². The summed E-state index contributed by atoms with van der Waals surface area (Å²) >= 11 is 2.94. The zero-order chi connectivity index (χ0) is 14.4. The van der Waals surface area contributed by atoms with Crippen molar-refractivity contribution < 1.29 is 4.39 Å². The van der Waals surface area contributed by atoms with Gasteiger partial charge in [0.1, 0.15) is 11.5 Å². The molecule has 0 spiro atoms. The van der Waals surface area contributed by atoms with Gasteiger partial charge in [0.25, 0.3) is 0 Å². The number of aromatic nitrogens is 4. The number of nitrogens with zero attached hydrogens (tertiary/aromatic N) is 4. The van der Waals surface area contributed by atoms with Crippen LogP contribution in [0, 0.1) is 12.7 Å². The van der Waals surface area contributed by atoms with E-state index in [1.807, 2.05) is 6.26 Å². The van der Waals surface area contributed by atoms with Gasteiger partial charge in [0.15, 0.2) is 10.2 Å². The standard InChI is InChI=1S/C12H11FN4OS2/c1-6-15-17(12(18)16(6)2)9-5-8-10(4-7(9)13)20-11(14-8)19-3/h4-5H,1-3H3. The molecule has 20 heavy (non-hydrogen) atoms. The molecule has 3 aromatic rings. The molecule has 2 aromatic heterocycles. The van der Waals surface area contributed by atoms with Crippen molar-refractivity contribution in [3.05, 3.63) is 34.3 Å². The molecule has 104 valence electrons. The highest BCUT2D eigenvalue weighted by atomic mass is 32.2. The molecule has 0 N–H and O–H groups in total. The Kier molecular flexibility index (Phi) is 3.14. The number of halogens is 1. The van der Waals surface area contributed by atoms with Crippen LogP contribution in [0.4, 0.5) is 4.39 Å². The number of thioether (sulfide) groups is 1. The molecular formula is C12H11FN4OS2. The van der Waals surface area contributed by atoms with Gasteiger partial charge >= 0.3 is 5.69 Å². The van der Waals surface area contributed by atoms with E-state index in [9.17, 15) is 9.18 Å². The number of fused-ring (bicyclic) bond motifs is 1. The Bertz CT molecular complexity index is 864. The second kappa shape index (κ2) is 4.71. The predicted octanol–water partition coefficient (Wildman–Crippen LogP) is 2.35. The fourth-order valence-electron chi connectivity index (χ4n) is 1.86. The summed E-state index contributed by atoms with van der Waals surface area (Å²) in [6.07, 6.45) is 1.92. The smallest absolute Gasteiger partial charge is 0.282 e. The van der Waals surface area contributed by atoms with E-state index in [0.717, 1.165) is 13.7 Å². The van der Waals surface area contributed by atoms with Crippen LogP contribution in [0.15, 0.2) is 21.3 Å². The number of benzene rings is 1. The molecule has 0 bridgehead atoms. The maximum Gasteiger partial charge on any atom is 0.350 e. The summed E-state index contributed by atoms with van der Waals surface area (Å²) in [4.78, 5) is 16.4. The normalized spacial score (nSPS) is 11.4. The molecular weight excluding hydrogens is 299 g/mol. The van der Waals surface area contributed by atoms with E-state index in [4.69, 9.17) is 0 Å². The van der Waals surface area contributed by atoms with Crippen molar-refractivity contribution in [2.24, 2.45) is 7.05 Å². The van der Waals surface area contributed by atoms with Gasteiger partial charge in [-0.1, -0.05) is 11.8 Å². The lowest BCUT2D eigenvalue weighted by molar-refractivity contribution is 0.608. The summed E-state index contributed by atoms with van der Waals surface area (Å²) in [7, 11) is 1.60. The molecule has 8 heteroatoms. The molecule has 0 amide bonds. The van der Waals surface area contributed by atoms with E-state index >= 15 is 0 Å². The maximum absolute atomic E-state index is 14.2. The van der Waals surface area contributed by atoms with Gasteiger partial charge in [-0.05, 0) is 25.3 Å². The van der Waals surface area contributed by atoms with Crippen LogP contribution in [-0.2, 0) is 7.05 Å². The molecule has 0 aliphatic carbocycles. The van der Waals surface area contributed by atoms with Crippen LogP contribution in [0.2, 0.25) is 0 Å². The van der Waals surface area contributed by atoms with Gasteiger partial charge in [0, 0.05) is 7.05 Å². The Morgan fingerprint density at radius 1 is 1.40 bits per heavy atom. The monoisotopic (exact) mass is 310 g/mol. The highest BCUT2D eigenvalue weighted by Gasteiger charge is 2.15. The second-order valence-electron chi connectivity index (χ2n) is 4.26. The highest BCUT2D eigenvalue weighted by Crippen LogP contribution is 2.30. The van der Waals surface area contributed by atoms with Crippen molar-refractivity contribution in [2.45, 2.75) is 11.3 Å². The van der Waals surface area contributed by atoms with Crippen molar-refractivity contribution in [1.82, 2.24) is 19.3 Å². The maximum atomic E-state index is 14.2. The van der Waals surface area contributed by atoms with Gasteiger partial charge in [-0.3, -0.25) is 4.57 Å². The number of hydrogen-bond donors (Lipinski definition) is 0. The molecule has 0 saturated heterocycles. The zero-order valence-electron chi connectivity index (χ0n) is 11.0. The summed E-state index contributed by atoms with van der Waals surface area (Å²) in [5.74, 6) is 0.0478. The first-order chi connectivity index (χ1) is 9.51. The number of thiazole rings is 1. The van der Waals surface area contributed by atoms with Crippen LogP contribution in [0.1, 0.15) is 5.82 Å².